The minimum Gasteiger partial charge on any atom is -0.0880 e. The molecule has 0 unspecified atom stereocenters. The van der Waals surface area contributed by atoms with Crippen molar-refractivity contribution in [3.8, 4) is 0 Å². The summed E-state index contributed by atoms with van der Waals surface area (Å²) in [7, 11) is 0. The Kier molecular flexibility index (Phi) is 4.71. The Bertz CT molecular complexity index is 170. The van der Waals surface area contributed by atoms with Crippen LogP contribution in [0.15, 0.2) is 12.2 Å². The first kappa shape index (κ1) is 11.8. The van der Waals surface area contributed by atoms with Crippen LogP contribution in [0, 0.1) is 11.3 Å². The SMILES string of the molecule is CCCC/C=C\C1(C(C)C)CCCC1. The van der Waals surface area contributed by atoms with E-state index in [2.05, 4.69) is 32.9 Å². The minimum atomic E-state index is 0.563. The van der Waals surface area contributed by atoms with Crippen LogP contribution < -0.4 is 0 Å². The van der Waals surface area contributed by atoms with Crippen LogP contribution in [0.2, 0.25) is 0 Å². The van der Waals surface area contributed by atoms with Crippen LogP contribution in [0.25, 0.3) is 0 Å². The van der Waals surface area contributed by atoms with Crippen molar-refractivity contribution in [3.63, 3.8) is 0 Å². The van der Waals surface area contributed by atoms with E-state index in [4.69, 9.17) is 0 Å². The van der Waals surface area contributed by atoms with Crippen LogP contribution in [0.3, 0.4) is 0 Å². The fourth-order valence-corrected chi connectivity index (χ4v) is 2.61. The molecule has 0 saturated heterocycles. The molecule has 0 nitrogen and oxygen atoms in total. The fourth-order valence-electron chi connectivity index (χ4n) is 2.61. The van der Waals surface area contributed by atoms with Crippen LogP contribution in [0.4, 0.5) is 0 Å². The summed E-state index contributed by atoms with van der Waals surface area (Å²) in [5.41, 5.74) is 0.563. The average molecular weight is 194 g/mol. The summed E-state index contributed by atoms with van der Waals surface area (Å²) in [6, 6.07) is 0. The molecule has 1 saturated carbocycles. The van der Waals surface area contributed by atoms with Gasteiger partial charge in [0.05, 0.1) is 0 Å². The van der Waals surface area contributed by atoms with Crippen molar-refractivity contribution in [1.82, 2.24) is 0 Å². The topological polar surface area (TPSA) is 0 Å². The number of allylic oxidation sites excluding steroid dienone is 2. The summed E-state index contributed by atoms with van der Waals surface area (Å²) >= 11 is 0. The predicted octanol–water partition coefficient (Wildman–Crippen LogP) is 4.95. The number of hydrogen-bond donors (Lipinski definition) is 0. The van der Waals surface area contributed by atoms with Crippen LogP contribution in [0.5, 0.6) is 0 Å². The number of unbranched alkanes of at least 4 members (excludes halogenated alkanes) is 2. The molecule has 0 amide bonds. The smallest absolute Gasteiger partial charge is 0.00952 e. The normalized spacial score (nSPS) is 21.1. The lowest BCUT2D eigenvalue weighted by atomic mass is 9.75. The van der Waals surface area contributed by atoms with E-state index in [-0.39, 0.29) is 0 Å². The molecule has 82 valence electrons. The van der Waals surface area contributed by atoms with Crippen molar-refractivity contribution in [2.24, 2.45) is 11.3 Å². The highest BCUT2D eigenvalue weighted by Gasteiger charge is 2.33. The highest BCUT2D eigenvalue weighted by atomic mass is 14.4. The van der Waals surface area contributed by atoms with E-state index in [1.165, 1.54) is 44.9 Å². The third kappa shape index (κ3) is 2.87. The molecule has 1 aliphatic rings. The quantitative estimate of drug-likeness (QED) is 0.429. The third-order valence-electron chi connectivity index (χ3n) is 3.86. The van der Waals surface area contributed by atoms with E-state index in [0.717, 1.165) is 5.92 Å². The zero-order chi connectivity index (χ0) is 10.4. The summed E-state index contributed by atoms with van der Waals surface area (Å²) in [6.07, 6.45) is 14.7. The van der Waals surface area contributed by atoms with Crippen molar-refractivity contribution in [2.75, 3.05) is 0 Å². The summed E-state index contributed by atoms with van der Waals surface area (Å²) in [6.45, 7) is 7.03. The summed E-state index contributed by atoms with van der Waals surface area (Å²) < 4.78 is 0. The molecule has 1 rings (SSSR count). The van der Waals surface area contributed by atoms with Gasteiger partial charge in [0.2, 0.25) is 0 Å². The molecule has 1 fully saturated rings. The van der Waals surface area contributed by atoms with E-state index in [1.54, 1.807) is 0 Å². The van der Waals surface area contributed by atoms with Gasteiger partial charge in [-0.15, -0.1) is 0 Å². The highest BCUT2D eigenvalue weighted by molar-refractivity contribution is 5.04. The van der Waals surface area contributed by atoms with Gasteiger partial charge in [0.25, 0.3) is 0 Å². The van der Waals surface area contributed by atoms with Crippen molar-refractivity contribution >= 4 is 0 Å². The first-order chi connectivity index (χ1) is 6.71. The van der Waals surface area contributed by atoms with Crippen LogP contribution in [-0.2, 0) is 0 Å². The lowest BCUT2D eigenvalue weighted by Crippen LogP contribution is -2.20. The lowest BCUT2D eigenvalue weighted by Gasteiger charge is -2.30. The molecule has 0 heteroatoms. The van der Waals surface area contributed by atoms with Gasteiger partial charge in [-0.25, -0.2) is 0 Å². The van der Waals surface area contributed by atoms with Gasteiger partial charge in [-0.2, -0.15) is 0 Å². The van der Waals surface area contributed by atoms with Crippen molar-refractivity contribution in [1.29, 1.82) is 0 Å². The molecule has 0 aromatic heterocycles. The zero-order valence-corrected chi connectivity index (χ0v) is 10.2. The third-order valence-corrected chi connectivity index (χ3v) is 3.86. The molecule has 0 heterocycles. The van der Waals surface area contributed by atoms with Crippen LogP contribution >= 0.6 is 0 Å². The molecule has 0 radical (unpaired) electrons. The van der Waals surface area contributed by atoms with Crippen LogP contribution in [-0.4, -0.2) is 0 Å². The summed E-state index contributed by atoms with van der Waals surface area (Å²) in [5, 5.41) is 0. The first-order valence-corrected chi connectivity index (χ1v) is 6.39. The number of hydrogen-bond acceptors (Lipinski definition) is 0. The predicted molar refractivity (Wildman–Crippen MR) is 64.4 cm³/mol. The van der Waals surface area contributed by atoms with Gasteiger partial charge in [0.15, 0.2) is 0 Å². The molecule has 0 spiro atoms. The molecular weight excluding hydrogens is 168 g/mol. The second-order valence-electron chi connectivity index (χ2n) is 5.14. The average Bonchev–Trinajstić information content (AvgIpc) is 2.62. The minimum absolute atomic E-state index is 0.563. The van der Waals surface area contributed by atoms with E-state index in [1.807, 2.05) is 0 Å². The molecular formula is C14H26. The largest absolute Gasteiger partial charge is 0.0880 e. The molecule has 1 aliphatic carbocycles. The molecule has 0 bridgehead atoms. The van der Waals surface area contributed by atoms with Gasteiger partial charge in [-0.3, -0.25) is 0 Å². The molecule has 0 aliphatic heterocycles. The zero-order valence-electron chi connectivity index (χ0n) is 10.2. The van der Waals surface area contributed by atoms with Gasteiger partial charge >= 0.3 is 0 Å². The Hall–Kier alpha value is -0.260. The Morgan fingerprint density at radius 1 is 1.21 bits per heavy atom. The molecule has 0 atom stereocenters. The van der Waals surface area contributed by atoms with E-state index >= 15 is 0 Å². The van der Waals surface area contributed by atoms with E-state index in [9.17, 15) is 0 Å². The van der Waals surface area contributed by atoms with Gasteiger partial charge in [-0.05, 0) is 30.6 Å². The Labute approximate surface area is 89.8 Å². The molecule has 0 aromatic rings. The first-order valence-electron chi connectivity index (χ1n) is 6.39. The van der Waals surface area contributed by atoms with E-state index in [0.29, 0.717) is 5.41 Å². The maximum absolute atomic E-state index is 2.54. The second-order valence-corrected chi connectivity index (χ2v) is 5.14. The maximum atomic E-state index is 2.54. The standard InChI is InChI=1S/C14H26/c1-4-5-6-7-10-14(13(2)3)11-8-9-12-14/h7,10,13H,4-6,8-9,11-12H2,1-3H3/b10-7-. The van der Waals surface area contributed by atoms with Crippen molar-refractivity contribution < 1.29 is 0 Å². The Balaban J connectivity index is 2.47. The van der Waals surface area contributed by atoms with Gasteiger partial charge in [-0.1, -0.05) is 58.6 Å². The van der Waals surface area contributed by atoms with Crippen molar-refractivity contribution in [3.05, 3.63) is 12.2 Å². The molecule has 14 heavy (non-hydrogen) atoms. The van der Waals surface area contributed by atoms with Gasteiger partial charge in [0, 0.05) is 0 Å². The lowest BCUT2D eigenvalue weighted by molar-refractivity contribution is 0.274. The summed E-state index contributed by atoms with van der Waals surface area (Å²) in [4.78, 5) is 0. The van der Waals surface area contributed by atoms with Crippen LogP contribution in [0.1, 0.15) is 65.7 Å². The Morgan fingerprint density at radius 3 is 2.36 bits per heavy atom. The highest BCUT2D eigenvalue weighted by Crippen LogP contribution is 2.45. The van der Waals surface area contributed by atoms with Crippen molar-refractivity contribution in [2.45, 2.75) is 65.7 Å². The maximum Gasteiger partial charge on any atom is -0.00952 e. The van der Waals surface area contributed by atoms with Gasteiger partial charge < -0.3 is 0 Å². The fraction of sp³-hybridized carbons (Fsp3) is 0.857. The van der Waals surface area contributed by atoms with E-state index < -0.39 is 0 Å². The summed E-state index contributed by atoms with van der Waals surface area (Å²) in [5.74, 6) is 0.822. The molecule has 0 N–H and O–H groups in total. The monoisotopic (exact) mass is 194 g/mol. The molecule has 0 aromatic carbocycles. The second kappa shape index (κ2) is 5.58. The van der Waals surface area contributed by atoms with Gasteiger partial charge in [0.1, 0.15) is 0 Å². The Morgan fingerprint density at radius 2 is 1.86 bits per heavy atom. The number of rotatable bonds is 5.